The van der Waals surface area contributed by atoms with Crippen molar-refractivity contribution in [3.8, 4) is 11.4 Å². The highest BCUT2D eigenvalue weighted by atomic mass is 35.5. The smallest absolute Gasteiger partial charge is 0.265 e. The van der Waals surface area contributed by atoms with Crippen LogP contribution in [0.3, 0.4) is 0 Å². The summed E-state index contributed by atoms with van der Waals surface area (Å²) in [5, 5.41) is 11.0. The van der Waals surface area contributed by atoms with Crippen molar-refractivity contribution < 1.29 is 14.2 Å². The first-order chi connectivity index (χ1) is 14.0. The van der Waals surface area contributed by atoms with Crippen LogP contribution < -0.4 is 5.32 Å². The summed E-state index contributed by atoms with van der Waals surface area (Å²) in [5.41, 5.74) is 1.50. The number of amides is 1. The summed E-state index contributed by atoms with van der Waals surface area (Å²) in [5.74, 6) is 0.528. The molecule has 1 amide bonds. The molecule has 2 unspecified atom stereocenters. The molecule has 0 radical (unpaired) electrons. The third-order valence-electron chi connectivity index (χ3n) is 4.43. The van der Waals surface area contributed by atoms with Gasteiger partial charge in [0.25, 0.3) is 5.91 Å². The van der Waals surface area contributed by atoms with Crippen molar-refractivity contribution in [1.29, 1.82) is 0 Å². The van der Waals surface area contributed by atoms with E-state index in [0.29, 0.717) is 28.2 Å². The van der Waals surface area contributed by atoms with Crippen molar-refractivity contribution in [3.05, 3.63) is 51.8 Å². The number of carbonyl (C=O) groups excluding carboxylic acids is 1. The Bertz CT molecular complexity index is 1030. The molecule has 4 heterocycles. The highest BCUT2D eigenvalue weighted by molar-refractivity contribution is 7.18. The van der Waals surface area contributed by atoms with Gasteiger partial charge in [-0.3, -0.25) is 9.78 Å². The van der Waals surface area contributed by atoms with Crippen LogP contribution in [0, 0.1) is 5.92 Å². The lowest BCUT2D eigenvalue weighted by molar-refractivity contribution is -0.132. The number of hydrogen-bond acceptors (Lipinski definition) is 8. The second-order valence-corrected chi connectivity index (χ2v) is 8.58. The van der Waals surface area contributed by atoms with Crippen molar-refractivity contribution in [1.82, 2.24) is 20.4 Å². The van der Waals surface area contributed by atoms with Gasteiger partial charge >= 0.3 is 0 Å². The first-order valence-corrected chi connectivity index (χ1v) is 10.2. The van der Waals surface area contributed by atoms with Crippen LogP contribution >= 0.6 is 22.9 Å². The Labute approximate surface area is 175 Å². The summed E-state index contributed by atoms with van der Waals surface area (Å²) < 4.78 is 6.08. The Morgan fingerprint density at radius 3 is 2.76 bits per heavy atom. The van der Waals surface area contributed by atoms with Gasteiger partial charge in [0.2, 0.25) is 17.8 Å². The molecule has 1 aliphatic heterocycles. The molecule has 3 aromatic heterocycles. The molecule has 0 saturated carbocycles. The quantitative estimate of drug-likeness (QED) is 0.635. The topological polar surface area (TPSA) is 102 Å². The molecule has 0 fully saturated rings. The molecule has 10 heteroatoms. The third kappa shape index (κ3) is 4.30. The highest BCUT2D eigenvalue weighted by Crippen LogP contribution is 2.28. The zero-order valence-corrected chi connectivity index (χ0v) is 17.3. The number of hydrogen-bond donors (Lipinski definition) is 1. The first-order valence-electron chi connectivity index (χ1n) is 9.04. The van der Waals surface area contributed by atoms with Crippen molar-refractivity contribution in [2.75, 3.05) is 0 Å². The number of nitrogens with zero attached hydrogens (tertiary/aromatic N) is 4. The number of oxime groups is 1. The Morgan fingerprint density at radius 2 is 2.07 bits per heavy atom. The van der Waals surface area contributed by atoms with Crippen LogP contribution in [-0.4, -0.2) is 32.8 Å². The van der Waals surface area contributed by atoms with Crippen LogP contribution in [0.2, 0.25) is 4.34 Å². The normalized spacial score (nSPS) is 17.1. The number of nitrogens with one attached hydrogen (secondary N) is 1. The van der Waals surface area contributed by atoms with E-state index in [0.717, 1.165) is 10.4 Å². The minimum Gasteiger partial charge on any atom is -0.382 e. The van der Waals surface area contributed by atoms with Crippen LogP contribution in [0.5, 0.6) is 0 Å². The second kappa shape index (κ2) is 8.30. The van der Waals surface area contributed by atoms with Crippen molar-refractivity contribution >= 4 is 34.6 Å². The summed E-state index contributed by atoms with van der Waals surface area (Å²) in [6.07, 6.45) is 2.97. The maximum absolute atomic E-state index is 12.8. The summed E-state index contributed by atoms with van der Waals surface area (Å²) >= 11 is 7.37. The van der Waals surface area contributed by atoms with Crippen molar-refractivity contribution in [3.63, 3.8) is 0 Å². The molecular formula is C19H18ClN5O3S. The number of halogens is 1. The SMILES string of the molecule is CC(C)C(NC(=O)C1CC(c2ccc(Cl)s2)=NO1)c1nc(-c2ccncc2)no1. The van der Waals surface area contributed by atoms with Gasteiger partial charge in [-0.15, -0.1) is 11.3 Å². The molecule has 8 nitrogen and oxygen atoms in total. The van der Waals surface area contributed by atoms with Crippen LogP contribution in [0.15, 0.2) is 46.3 Å². The summed E-state index contributed by atoms with van der Waals surface area (Å²) in [7, 11) is 0. The Morgan fingerprint density at radius 1 is 1.28 bits per heavy atom. The fourth-order valence-corrected chi connectivity index (χ4v) is 3.91. The van der Waals surface area contributed by atoms with E-state index in [1.54, 1.807) is 30.6 Å². The minimum absolute atomic E-state index is 0.0302. The predicted molar refractivity (Wildman–Crippen MR) is 109 cm³/mol. The molecule has 0 saturated heterocycles. The van der Waals surface area contributed by atoms with E-state index >= 15 is 0 Å². The molecule has 0 bridgehead atoms. The molecule has 3 aromatic rings. The minimum atomic E-state index is -0.713. The molecular weight excluding hydrogens is 414 g/mol. The Balaban J connectivity index is 1.44. The molecule has 0 spiro atoms. The van der Waals surface area contributed by atoms with E-state index in [1.165, 1.54) is 11.3 Å². The molecule has 1 aliphatic rings. The van der Waals surface area contributed by atoms with Crippen molar-refractivity contribution in [2.45, 2.75) is 32.4 Å². The van der Waals surface area contributed by atoms with Crippen LogP contribution in [-0.2, 0) is 9.63 Å². The van der Waals surface area contributed by atoms with E-state index in [4.69, 9.17) is 21.0 Å². The third-order valence-corrected chi connectivity index (χ3v) is 5.71. The van der Waals surface area contributed by atoms with Gasteiger partial charge in [0, 0.05) is 24.4 Å². The van der Waals surface area contributed by atoms with Crippen LogP contribution in [0.25, 0.3) is 11.4 Å². The first kappa shape index (κ1) is 19.5. The lowest BCUT2D eigenvalue weighted by Crippen LogP contribution is -2.39. The van der Waals surface area contributed by atoms with Gasteiger partial charge in [-0.1, -0.05) is 35.8 Å². The van der Waals surface area contributed by atoms with E-state index in [1.807, 2.05) is 19.9 Å². The number of thiophene rings is 1. The van der Waals surface area contributed by atoms with Gasteiger partial charge in [-0.25, -0.2) is 0 Å². The molecule has 150 valence electrons. The van der Waals surface area contributed by atoms with E-state index < -0.39 is 12.1 Å². The van der Waals surface area contributed by atoms with E-state index in [9.17, 15) is 4.79 Å². The van der Waals surface area contributed by atoms with Crippen molar-refractivity contribution in [2.24, 2.45) is 11.1 Å². The second-order valence-electron chi connectivity index (χ2n) is 6.86. The molecule has 0 aromatic carbocycles. The van der Waals surface area contributed by atoms with E-state index in [2.05, 4.69) is 25.6 Å². The molecule has 1 N–H and O–H groups in total. The Hall–Kier alpha value is -2.78. The number of carbonyl (C=O) groups is 1. The summed E-state index contributed by atoms with van der Waals surface area (Å²) in [6.45, 7) is 3.93. The fraction of sp³-hybridized carbons (Fsp3) is 0.316. The van der Waals surface area contributed by atoms with Gasteiger partial charge in [-0.05, 0) is 30.2 Å². The highest BCUT2D eigenvalue weighted by Gasteiger charge is 2.33. The standard InChI is InChI=1S/C19H18ClN5O3S/c1-10(2)16(19-23-17(25-28-19)11-5-7-21-8-6-11)22-18(26)13-9-12(24-27-13)14-3-4-15(20)29-14/h3-8,10,13,16H,9H2,1-2H3,(H,22,26). The lowest BCUT2D eigenvalue weighted by atomic mass is 10.0. The molecule has 2 atom stereocenters. The number of aromatic nitrogens is 3. The predicted octanol–water partition coefficient (Wildman–Crippen LogP) is 3.85. The maximum atomic E-state index is 12.8. The maximum Gasteiger partial charge on any atom is 0.265 e. The monoisotopic (exact) mass is 431 g/mol. The van der Waals surface area contributed by atoms with Gasteiger partial charge in [0.1, 0.15) is 11.8 Å². The van der Waals surface area contributed by atoms with Gasteiger partial charge in [0.15, 0.2) is 0 Å². The average Bonchev–Trinajstić information content (AvgIpc) is 3.46. The fourth-order valence-electron chi connectivity index (χ4n) is 2.87. The number of pyridine rings is 1. The lowest BCUT2D eigenvalue weighted by Gasteiger charge is -2.20. The summed E-state index contributed by atoms with van der Waals surface area (Å²) in [6, 6.07) is 6.79. The van der Waals surface area contributed by atoms with Gasteiger partial charge < -0.3 is 14.7 Å². The van der Waals surface area contributed by atoms with Gasteiger partial charge in [-0.2, -0.15) is 4.98 Å². The summed E-state index contributed by atoms with van der Waals surface area (Å²) in [4.78, 5) is 27.4. The Kier molecular flexibility index (Phi) is 5.59. The van der Waals surface area contributed by atoms with Gasteiger partial charge in [0.05, 0.1) is 9.21 Å². The largest absolute Gasteiger partial charge is 0.382 e. The zero-order valence-electron chi connectivity index (χ0n) is 15.7. The molecule has 4 rings (SSSR count). The molecule has 29 heavy (non-hydrogen) atoms. The average molecular weight is 432 g/mol. The molecule has 0 aliphatic carbocycles. The zero-order chi connectivity index (χ0) is 20.4. The van der Waals surface area contributed by atoms with Crippen LogP contribution in [0.1, 0.15) is 37.1 Å². The number of rotatable bonds is 6. The van der Waals surface area contributed by atoms with E-state index in [-0.39, 0.29) is 11.8 Å². The van der Waals surface area contributed by atoms with Crippen LogP contribution in [0.4, 0.5) is 0 Å².